The highest BCUT2D eigenvalue weighted by Gasteiger charge is 2.11. The molecule has 0 aliphatic rings. The molecule has 0 bridgehead atoms. The van der Waals surface area contributed by atoms with Crippen molar-refractivity contribution in [3.05, 3.63) is 48.0 Å². The molecule has 2 aromatic rings. The summed E-state index contributed by atoms with van der Waals surface area (Å²) in [5, 5.41) is 2.61. The molecule has 0 saturated heterocycles. The average Bonchev–Trinajstić information content (AvgIpc) is 2.47. The molecule has 1 aromatic carbocycles. The lowest BCUT2D eigenvalue weighted by molar-refractivity contribution is 0.220. The smallest absolute Gasteiger partial charge is 0.323 e. The topological polar surface area (TPSA) is 67.3 Å². The molecule has 2 rings (SSSR count). The summed E-state index contributed by atoms with van der Waals surface area (Å²) in [6.45, 7) is 0.284. The number of nitrogens with zero attached hydrogens (tertiary/aromatic N) is 3. The van der Waals surface area contributed by atoms with Crippen LogP contribution in [0.25, 0.3) is 0 Å². The normalized spacial score (nSPS) is 10.0. The van der Waals surface area contributed by atoms with Gasteiger partial charge in [-0.2, -0.15) is 0 Å². The number of amides is 2. The van der Waals surface area contributed by atoms with Gasteiger partial charge in [0, 0.05) is 19.7 Å². The minimum absolute atomic E-state index is 0.284. The van der Waals surface area contributed by atoms with Crippen molar-refractivity contribution in [1.29, 1.82) is 0 Å². The second kappa shape index (κ2) is 6.65. The fraction of sp³-hybridized carbons (Fsp3) is 0.214. The molecule has 0 aliphatic carbocycles. The lowest BCUT2D eigenvalue weighted by Gasteiger charge is -2.17. The predicted molar refractivity (Wildman–Crippen MR) is 75.5 cm³/mol. The van der Waals surface area contributed by atoms with Gasteiger partial charge in [0.2, 0.25) is 5.88 Å². The second-order valence-corrected chi connectivity index (χ2v) is 4.36. The van der Waals surface area contributed by atoms with Crippen molar-refractivity contribution >= 4 is 11.8 Å². The number of hydrogen-bond acceptors (Lipinski definition) is 4. The summed E-state index contributed by atoms with van der Waals surface area (Å²) in [6, 6.07) is 7.24. The highest BCUT2D eigenvalue weighted by Crippen LogP contribution is 2.11. The molecule has 7 heteroatoms. The van der Waals surface area contributed by atoms with E-state index in [2.05, 4.69) is 15.3 Å². The molecule has 0 unspecified atom stereocenters. The number of rotatable bonds is 4. The third-order valence-corrected chi connectivity index (χ3v) is 2.74. The van der Waals surface area contributed by atoms with Crippen LogP contribution in [-0.2, 0) is 6.54 Å². The Bertz CT molecular complexity index is 636. The Morgan fingerprint density at radius 3 is 2.90 bits per heavy atom. The number of halogens is 1. The molecule has 0 aliphatic heterocycles. The van der Waals surface area contributed by atoms with Gasteiger partial charge in [-0.1, -0.05) is 12.1 Å². The van der Waals surface area contributed by atoms with Crippen molar-refractivity contribution in [2.24, 2.45) is 0 Å². The van der Waals surface area contributed by atoms with E-state index < -0.39 is 0 Å². The van der Waals surface area contributed by atoms with Crippen LogP contribution in [0.3, 0.4) is 0 Å². The summed E-state index contributed by atoms with van der Waals surface area (Å²) in [5.41, 5.74) is 0.702. The number of ether oxygens (including phenoxy) is 1. The molecule has 110 valence electrons. The van der Waals surface area contributed by atoms with Crippen LogP contribution in [0.4, 0.5) is 15.0 Å². The molecule has 0 atom stereocenters. The second-order valence-electron chi connectivity index (χ2n) is 4.36. The number of hydrogen-bond donors (Lipinski definition) is 1. The maximum absolute atomic E-state index is 13.1. The van der Waals surface area contributed by atoms with Crippen molar-refractivity contribution < 1.29 is 13.9 Å². The van der Waals surface area contributed by atoms with Crippen molar-refractivity contribution in [3.63, 3.8) is 0 Å². The first kappa shape index (κ1) is 14.7. The molecule has 0 fully saturated rings. The molecule has 1 N–H and O–H groups in total. The van der Waals surface area contributed by atoms with Crippen LogP contribution in [0, 0.1) is 5.82 Å². The van der Waals surface area contributed by atoms with Gasteiger partial charge in [0.25, 0.3) is 0 Å². The maximum Gasteiger partial charge on any atom is 0.323 e. The summed E-state index contributed by atoms with van der Waals surface area (Å²) < 4.78 is 18.0. The number of aromatic nitrogens is 2. The Labute approximate surface area is 121 Å². The fourth-order valence-corrected chi connectivity index (χ4v) is 1.71. The molecule has 21 heavy (non-hydrogen) atoms. The SMILES string of the molecule is COc1cc(NC(=O)N(C)Cc2cccc(F)c2)ncn1. The highest BCUT2D eigenvalue weighted by molar-refractivity contribution is 5.88. The summed E-state index contributed by atoms with van der Waals surface area (Å²) in [4.78, 5) is 21.2. The van der Waals surface area contributed by atoms with Crippen LogP contribution in [-0.4, -0.2) is 35.1 Å². The van der Waals surface area contributed by atoms with Gasteiger partial charge in [0.15, 0.2) is 0 Å². The number of carbonyl (C=O) groups is 1. The fourth-order valence-electron chi connectivity index (χ4n) is 1.71. The van der Waals surface area contributed by atoms with Crippen LogP contribution in [0.1, 0.15) is 5.56 Å². The molecular formula is C14H15FN4O2. The average molecular weight is 290 g/mol. The third-order valence-electron chi connectivity index (χ3n) is 2.74. The van der Waals surface area contributed by atoms with Gasteiger partial charge in [-0.05, 0) is 17.7 Å². The Kier molecular flexibility index (Phi) is 4.65. The first-order valence-electron chi connectivity index (χ1n) is 6.21. The van der Waals surface area contributed by atoms with Gasteiger partial charge >= 0.3 is 6.03 Å². The van der Waals surface area contributed by atoms with Crippen molar-refractivity contribution in [3.8, 4) is 5.88 Å². The Morgan fingerprint density at radius 1 is 1.38 bits per heavy atom. The van der Waals surface area contributed by atoms with Crippen molar-refractivity contribution in [2.45, 2.75) is 6.54 Å². The summed E-state index contributed by atoms with van der Waals surface area (Å²) in [6.07, 6.45) is 1.29. The standard InChI is InChI=1S/C14H15FN4O2/c1-19(8-10-4-3-5-11(15)6-10)14(20)18-12-7-13(21-2)17-9-16-12/h3-7,9H,8H2,1-2H3,(H,16,17,18,20). The molecule has 1 heterocycles. The van der Waals surface area contributed by atoms with Crippen LogP contribution >= 0.6 is 0 Å². The Hall–Kier alpha value is -2.70. The minimum Gasteiger partial charge on any atom is -0.481 e. The molecule has 0 spiro atoms. The van der Waals surface area contributed by atoms with Crippen LogP contribution in [0.5, 0.6) is 5.88 Å². The zero-order chi connectivity index (χ0) is 15.2. The first-order valence-corrected chi connectivity index (χ1v) is 6.21. The molecule has 6 nitrogen and oxygen atoms in total. The van der Waals surface area contributed by atoms with Crippen molar-refractivity contribution in [1.82, 2.24) is 14.9 Å². The van der Waals surface area contributed by atoms with E-state index in [-0.39, 0.29) is 18.4 Å². The number of methoxy groups -OCH3 is 1. The van der Waals surface area contributed by atoms with E-state index in [9.17, 15) is 9.18 Å². The Balaban J connectivity index is 1.99. The van der Waals surface area contributed by atoms with E-state index in [4.69, 9.17) is 4.74 Å². The Morgan fingerprint density at radius 2 is 2.19 bits per heavy atom. The van der Waals surface area contributed by atoms with Crippen molar-refractivity contribution in [2.75, 3.05) is 19.5 Å². The molecule has 0 radical (unpaired) electrons. The van der Waals surface area contributed by atoms with E-state index in [0.29, 0.717) is 17.3 Å². The number of benzene rings is 1. The largest absolute Gasteiger partial charge is 0.481 e. The maximum atomic E-state index is 13.1. The van der Waals surface area contributed by atoms with Gasteiger partial charge in [-0.25, -0.2) is 19.2 Å². The molecule has 2 amide bonds. The van der Waals surface area contributed by atoms with Gasteiger partial charge < -0.3 is 9.64 Å². The number of urea groups is 1. The lowest BCUT2D eigenvalue weighted by Crippen LogP contribution is -2.31. The lowest BCUT2D eigenvalue weighted by atomic mass is 10.2. The summed E-state index contributed by atoms with van der Waals surface area (Å²) in [7, 11) is 3.09. The van der Waals surface area contributed by atoms with Gasteiger partial charge in [0.05, 0.1) is 7.11 Å². The number of carbonyl (C=O) groups excluding carboxylic acids is 1. The van der Waals surface area contributed by atoms with Gasteiger partial charge in [0.1, 0.15) is 18.0 Å². The number of anilines is 1. The van der Waals surface area contributed by atoms with Crippen LogP contribution in [0.2, 0.25) is 0 Å². The van der Waals surface area contributed by atoms with E-state index >= 15 is 0 Å². The third kappa shape index (κ3) is 4.13. The minimum atomic E-state index is -0.361. The monoisotopic (exact) mass is 290 g/mol. The summed E-state index contributed by atoms with van der Waals surface area (Å²) >= 11 is 0. The van der Waals surface area contributed by atoms with Gasteiger partial charge in [-0.15, -0.1) is 0 Å². The van der Waals surface area contributed by atoms with E-state index in [0.717, 1.165) is 0 Å². The molecule has 0 saturated carbocycles. The molecule has 1 aromatic heterocycles. The first-order chi connectivity index (χ1) is 10.1. The van der Waals surface area contributed by atoms with E-state index in [1.165, 1.54) is 36.5 Å². The van der Waals surface area contributed by atoms with Crippen LogP contribution in [0.15, 0.2) is 36.7 Å². The highest BCUT2D eigenvalue weighted by atomic mass is 19.1. The van der Waals surface area contributed by atoms with Gasteiger partial charge in [-0.3, -0.25) is 5.32 Å². The zero-order valence-corrected chi connectivity index (χ0v) is 11.7. The van der Waals surface area contributed by atoms with E-state index in [1.54, 1.807) is 19.2 Å². The number of nitrogens with one attached hydrogen (secondary N) is 1. The zero-order valence-electron chi connectivity index (χ0n) is 11.7. The predicted octanol–water partition coefficient (Wildman–Crippen LogP) is 2.29. The van der Waals surface area contributed by atoms with E-state index in [1.807, 2.05) is 0 Å². The molecular weight excluding hydrogens is 275 g/mol. The van der Waals surface area contributed by atoms with Crippen LogP contribution < -0.4 is 10.1 Å². The summed E-state index contributed by atoms with van der Waals surface area (Å²) in [5.74, 6) is 0.355. The quantitative estimate of drug-likeness (QED) is 0.938.